The molecular formula is C11H19N3O2S. The standard InChI is InChI=1S/C11H19N3O2S/c12-4-3-11(10-2-1-5-13-10)14-6-8-17(15,16)9-7-14/h1-2,5,11,13H,3-4,6-9,12H2. The zero-order chi connectivity index (χ0) is 12.3. The second-order valence-corrected chi connectivity index (χ2v) is 6.71. The lowest BCUT2D eigenvalue weighted by Gasteiger charge is -2.33. The number of nitrogens with one attached hydrogen (secondary N) is 1. The Morgan fingerprint density at radius 2 is 2.12 bits per heavy atom. The Bertz CT molecular complexity index is 427. The minimum Gasteiger partial charge on any atom is -0.364 e. The van der Waals surface area contributed by atoms with Crippen LogP contribution in [0.3, 0.4) is 0 Å². The van der Waals surface area contributed by atoms with Crippen LogP contribution in [-0.2, 0) is 9.84 Å². The molecule has 5 nitrogen and oxygen atoms in total. The molecule has 0 aromatic carbocycles. The van der Waals surface area contributed by atoms with Crippen LogP contribution in [0.4, 0.5) is 0 Å². The van der Waals surface area contributed by atoms with Crippen LogP contribution in [0.2, 0.25) is 0 Å². The number of hydrogen-bond donors (Lipinski definition) is 2. The maximum atomic E-state index is 11.4. The van der Waals surface area contributed by atoms with Crippen LogP contribution in [-0.4, -0.2) is 49.4 Å². The van der Waals surface area contributed by atoms with Gasteiger partial charge < -0.3 is 10.7 Å². The highest BCUT2D eigenvalue weighted by molar-refractivity contribution is 7.91. The van der Waals surface area contributed by atoms with Crippen LogP contribution in [0.5, 0.6) is 0 Å². The van der Waals surface area contributed by atoms with Crippen molar-refractivity contribution < 1.29 is 8.42 Å². The second kappa shape index (κ2) is 5.20. The predicted octanol–water partition coefficient (Wildman–Crippen LogP) is 0.135. The minimum atomic E-state index is -2.82. The number of rotatable bonds is 4. The van der Waals surface area contributed by atoms with Crippen molar-refractivity contribution in [2.24, 2.45) is 5.73 Å². The molecule has 1 aromatic rings. The summed E-state index contributed by atoms with van der Waals surface area (Å²) in [6, 6.07) is 4.20. The molecule has 1 aromatic heterocycles. The molecule has 1 atom stereocenters. The third-order valence-electron chi connectivity index (χ3n) is 3.24. The van der Waals surface area contributed by atoms with Gasteiger partial charge in [0.25, 0.3) is 0 Å². The molecule has 0 saturated carbocycles. The first-order valence-corrected chi connectivity index (χ1v) is 7.72. The zero-order valence-corrected chi connectivity index (χ0v) is 10.6. The van der Waals surface area contributed by atoms with E-state index in [0.29, 0.717) is 19.6 Å². The lowest BCUT2D eigenvalue weighted by molar-refractivity contribution is 0.202. The van der Waals surface area contributed by atoms with Gasteiger partial charge in [-0.1, -0.05) is 0 Å². The molecule has 1 aliphatic heterocycles. The Kier molecular flexibility index (Phi) is 3.86. The average molecular weight is 257 g/mol. The number of aromatic amines is 1. The highest BCUT2D eigenvalue weighted by atomic mass is 32.2. The van der Waals surface area contributed by atoms with E-state index in [9.17, 15) is 8.42 Å². The van der Waals surface area contributed by atoms with Gasteiger partial charge >= 0.3 is 0 Å². The van der Waals surface area contributed by atoms with E-state index in [-0.39, 0.29) is 17.5 Å². The van der Waals surface area contributed by atoms with Gasteiger partial charge in [-0.3, -0.25) is 4.90 Å². The van der Waals surface area contributed by atoms with Crippen molar-refractivity contribution >= 4 is 9.84 Å². The topological polar surface area (TPSA) is 79.2 Å². The van der Waals surface area contributed by atoms with E-state index in [1.807, 2.05) is 18.3 Å². The van der Waals surface area contributed by atoms with E-state index >= 15 is 0 Å². The number of H-pyrrole nitrogens is 1. The summed E-state index contributed by atoms with van der Waals surface area (Å²) in [4.78, 5) is 5.40. The van der Waals surface area contributed by atoms with Crippen molar-refractivity contribution in [2.45, 2.75) is 12.5 Å². The van der Waals surface area contributed by atoms with Crippen LogP contribution in [0.1, 0.15) is 18.2 Å². The molecule has 3 N–H and O–H groups in total. The first-order chi connectivity index (χ1) is 8.12. The molecule has 17 heavy (non-hydrogen) atoms. The van der Waals surface area contributed by atoms with E-state index in [2.05, 4.69) is 9.88 Å². The SMILES string of the molecule is NCCC(c1ccc[nH]1)N1CCS(=O)(=O)CC1. The molecule has 1 saturated heterocycles. The summed E-state index contributed by atoms with van der Waals surface area (Å²) in [7, 11) is -2.82. The lowest BCUT2D eigenvalue weighted by Crippen LogP contribution is -2.42. The molecule has 96 valence electrons. The lowest BCUT2D eigenvalue weighted by atomic mass is 10.1. The fourth-order valence-electron chi connectivity index (χ4n) is 2.28. The first kappa shape index (κ1) is 12.6. The summed E-state index contributed by atoms with van der Waals surface area (Å²) >= 11 is 0. The Morgan fingerprint density at radius 1 is 1.41 bits per heavy atom. The van der Waals surface area contributed by atoms with Gasteiger partial charge in [0.05, 0.1) is 17.5 Å². The van der Waals surface area contributed by atoms with E-state index in [1.165, 1.54) is 0 Å². The monoisotopic (exact) mass is 257 g/mol. The van der Waals surface area contributed by atoms with Crippen LogP contribution >= 0.6 is 0 Å². The van der Waals surface area contributed by atoms with Gasteiger partial charge in [0.15, 0.2) is 9.84 Å². The van der Waals surface area contributed by atoms with Crippen LogP contribution in [0.25, 0.3) is 0 Å². The average Bonchev–Trinajstić information content (AvgIpc) is 2.80. The maximum absolute atomic E-state index is 11.4. The molecule has 0 bridgehead atoms. The van der Waals surface area contributed by atoms with Crippen molar-refractivity contribution in [3.05, 3.63) is 24.0 Å². The highest BCUT2D eigenvalue weighted by Crippen LogP contribution is 2.24. The van der Waals surface area contributed by atoms with E-state index in [4.69, 9.17) is 5.73 Å². The first-order valence-electron chi connectivity index (χ1n) is 5.90. The fourth-order valence-corrected chi connectivity index (χ4v) is 3.51. The number of hydrogen-bond acceptors (Lipinski definition) is 4. The van der Waals surface area contributed by atoms with Crippen LogP contribution in [0, 0.1) is 0 Å². The van der Waals surface area contributed by atoms with Crippen LogP contribution in [0.15, 0.2) is 18.3 Å². The van der Waals surface area contributed by atoms with Crippen molar-refractivity contribution in [3.63, 3.8) is 0 Å². The molecule has 0 spiro atoms. The van der Waals surface area contributed by atoms with Crippen molar-refractivity contribution in [1.82, 2.24) is 9.88 Å². The largest absolute Gasteiger partial charge is 0.364 e. The number of aromatic nitrogens is 1. The van der Waals surface area contributed by atoms with Crippen molar-refractivity contribution in [2.75, 3.05) is 31.1 Å². The van der Waals surface area contributed by atoms with Crippen molar-refractivity contribution in [1.29, 1.82) is 0 Å². The smallest absolute Gasteiger partial charge is 0.152 e. The van der Waals surface area contributed by atoms with Gasteiger partial charge in [-0.15, -0.1) is 0 Å². The summed E-state index contributed by atoms with van der Waals surface area (Å²) in [5, 5.41) is 0. The molecule has 0 amide bonds. The molecule has 2 heterocycles. The summed E-state index contributed by atoms with van der Waals surface area (Å²) in [5.74, 6) is 0.517. The summed E-state index contributed by atoms with van der Waals surface area (Å²) in [6.45, 7) is 1.81. The van der Waals surface area contributed by atoms with Gasteiger partial charge in [-0.2, -0.15) is 0 Å². The molecule has 6 heteroatoms. The molecule has 2 rings (SSSR count). The van der Waals surface area contributed by atoms with Gasteiger partial charge in [0, 0.05) is 25.0 Å². The third kappa shape index (κ3) is 3.08. The van der Waals surface area contributed by atoms with Crippen LogP contribution < -0.4 is 5.73 Å². The third-order valence-corrected chi connectivity index (χ3v) is 4.85. The second-order valence-electron chi connectivity index (χ2n) is 4.41. The Labute approximate surface area is 102 Å². The molecule has 1 fully saturated rings. The summed E-state index contributed by atoms with van der Waals surface area (Å²) in [5.41, 5.74) is 6.76. The van der Waals surface area contributed by atoms with E-state index in [0.717, 1.165) is 12.1 Å². The van der Waals surface area contributed by atoms with Gasteiger partial charge in [-0.05, 0) is 25.1 Å². The summed E-state index contributed by atoms with van der Waals surface area (Å²) < 4.78 is 22.8. The quantitative estimate of drug-likeness (QED) is 0.804. The van der Waals surface area contributed by atoms with Crippen molar-refractivity contribution in [3.8, 4) is 0 Å². The maximum Gasteiger partial charge on any atom is 0.152 e. The molecule has 0 radical (unpaired) electrons. The molecule has 0 aliphatic carbocycles. The Morgan fingerprint density at radius 3 is 2.65 bits per heavy atom. The molecule has 1 unspecified atom stereocenters. The molecular weight excluding hydrogens is 238 g/mol. The number of nitrogens with zero attached hydrogens (tertiary/aromatic N) is 1. The number of nitrogens with two attached hydrogens (primary N) is 1. The number of sulfone groups is 1. The fraction of sp³-hybridized carbons (Fsp3) is 0.636. The van der Waals surface area contributed by atoms with Gasteiger partial charge in [0.1, 0.15) is 0 Å². The Balaban J connectivity index is 2.08. The van der Waals surface area contributed by atoms with Gasteiger partial charge in [0.2, 0.25) is 0 Å². The van der Waals surface area contributed by atoms with E-state index < -0.39 is 9.84 Å². The van der Waals surface area contributed by atoms with Gasteiger partial charge in [-0.25, -0.2) is 8.42 Å². The highest BCUT2D eigenvalue weighted by Gasteiger charge is 2.27. The summed E-state index contributed by atoms with van der Waals surface area (Å²) in [6.07, 6.45) is 2.74. The Hall–Kier alpha value is -0.850. The minimum absolute atomic E-state index is 0.213. The molecule has 1 aliphatic rings. The van der Waals surface area contributed by atoms with E-state index in [1.54, 1.807) is 0 Å². The normalized spacial score (nSPS) is 22.4. The predicted molar refractivity (Wildman–Crippen MR) is 67.4 cm³/mol. The zero-order valence-electron chi connectivity index (χ0n) is 9.80.